The zero-order valence-corrected chi connectivity index (χ0v) is 10.9. The normalized spacial score (nSPS) is 12.4. The molecule has 2 N–H and O–H groups in total. The van der Waals surface area contributed by atoms with Gasteiger partial charge in [-0.25, -0.2) is 4.39 Å². The van der Waals surface area contributed by atoms with Crippen LogP contribution in [0.3, 0.4) is 0 Å². The molecular formula is C14H18FN3O. The predicted molar refractivity (Wildman–Crippen MR) is 72.4 cm³/mol. The number of rotatable bonds is 6. The van der Waals surface area contributed by atoms with Crippen molar-refractivity contribution < 1.29 is 9.50 Å². The number of benzene rings is 1. The number of halogens is 1. The highest BCUT2D eigenvalue weighted by molar-refractivity contribution is 5.46. The van der Waals surface area contributed by atoms with Gasteiger partial charge in [0, 0.05) is 18.3 Å². The first-order valence-electron chi connectivity index (χ1n) is 6.39. The van der Waals surface area contributed by atoms with Crippen molar-refractivity contribution in [3.8, 4) is 0 Å². The summed E-state index contributed by atoms with van der Waals surface area (Å²) in [7, 11) is 0. The molecule has 0 bridgehead atoms. The Labute approximate surface area is 111 Å². The number of aryl methyl sites for hydroxylation is 1. The molecule has 4 nitrogen and oxygen atoms in total. The number of aliphatic hydroxyl groups excluding tert-OH is 1. The molecule has 1 heterocycles. The van der Waals surface area contributed by atoms with Gasteiger partial charge >= 0.3 is 0 Å². The summed E-state index contributed by atoms with van der Waals surface area (Å²) in [6.45, 7) is 2.78. The van der Waals surface area contributed by atoms with Gasteiger partial charge in [0.15, 0.2) is 0 Å². The Kier molecular flexibility index (Phi) is 4.52. The van der Waals surface area contributed by atoms with Crippen LogP contribution >= 0.6 is 0 Å². The molecule has 102 valence electrons. The molecule has 19 heavy (non-hydrogen) atoms. The van der Waals surface area contributed by atoms with Crippen molar-refractivity contribution in [2.45, 2.75) is 25.9 Å². The van der Waals surface area contributed by atoms with E-state index in [0.717, 1.165) is 18.5 Å². The molecule has 5 heteroatoms. The van der Waals surface area contributed by atoms with Crippen molar-refractivity contribution in [1.82, 2.24) is 9.78 Å². The topological polar surface area (TPSA) is 50.1 Å². The summed E-state index contributed by atoms with van der Waals surface area (Å²) < 4.78 is 15.4. The molecule has 1 unspecified atom stereocenters. The number of nitrogens with zero attached hydrogens (tertiary/aromatic N) is 2. The predicted octanol–water partition coefficient (Wildman–Crippen LogP) is 2.58. The molecule has 0 aliphatic carbocycles. The molecule has 0 aliphatic rings. The van der Waals surface area contributed by atoms with E-state index in [0.29, 0.717) is 5.69 Å². The van der Waals surface area contributed by atoms with Crippen LogP contribution in [0, 0.1) is 5.82 Å². The second-order valence-corrected chi connectivity index (χ2v) is 4.40. The van der Waals surface area contributed by atoms with Crippen LogP contribution in [0.5, 0.6) is 0 Å². The molecule has 0 spiro atoms. The monoisotopic (exact) mass is 263 g/mol. The largest absolute Gasteiger partial charge is 0.394 e. The molecule has 0 fully saturated rings. The average Bonchev–Trinajstić information content (AvgIpc) is 2.87. The summed E-state index contributed by atoms with van der Waals surface area (Å²) in [6.07, 6.45) is 4.56. The number of aliphatic hydroxyl groups is 1. The van der Waals surface area contributed by atoms with Gasteiger partial charge in [0.05, 0.1) is 24.5 Å². The number of hydrogen-bond donors (Lipinski definition) is 2. The lowest BCUT2D eigenvalue weighted by molar-refractivity contribution is 0.276. The first-order chi connectivity index (χ1) is 9.24. The molecule has 1 aromatic heterocycles. The SMILES string of the molecule is CCCn1cc(C(CO)Nc2ccccc2F)cn1. The molecule has 1 atom stereocenters. The summed E-state index contributed by atoms with van der Waals surface area (Å²) in [5.74, 6) is -0.332. The van der Waals surface area contributed by atoms with Crippen LogP contribution in [-0.2, 0) is 6.54 Å². The Morgan fingerprint density at radius 2 is 2.21 bits per heavy atom. The van der Waals surface area contributed by atoms with Crippen molar-refractivity contribution in [1.29, 1.82) is 0 Å². The van der Waals surface area contributed by atoms with E-state index in [9.17, 15) is 9.50 Å². The third kappa shape index (κ3) is 3.32. The smallest absolute Gasteiger partial charge is 0.146 e. The van der Waals surface area contributed by atoms with Crippen LogP contribution in [0.15, 0.2) is 36.7 Å². The number of aromatic nitrogens is 2. The van der Waals surface area contributed by atoms with Gasteiger partial charge in [-0.05, 0) is 18.6 Å². The second-order valence-electron chi connectivity index (χ2n) is 4.40. The number of hydrogen-bond acceptors (Lipinski definition) is 3. The standard InChI is InChI=1S/C14H18FN3O/c1-2-7-18-9-11(8-16-18)14(10-19)17-13-6-4-3-5-12(13)15/h3-6,8-9,14,17,19H,2,7,10H2,1H3. The average molecular weight is 263 g/mol. The number of nitrogens with one attached hydrogen (secondary N) is 1. The van der Waals surface area contributed by atoms with E-state index < -0.39 is 0 Å². The van der Waals surface area contributed by atoms with Crippen LogP contribution in [0.2, 0.25) is 0 Å². The third-order valence-electron chi connectivity index (χ3n) is 2.89. The van der Waals surface area contributed by atoms with E-state index in [1.807, 2.05) is 10.9 Å². The van der Waals surface area contributed by atoms with Crippen LogP contribution < -0.4 is 5.32 Å². The van der Waals surface area contributed by atoms with Crippen molar-refractivity contribution in [3.05, 3.63) is 48.0 Å². The van der Waals surface area contributed by atoms with Gasteiger partial charge in [-0.1, -0.05) is 19.1 Å². The van der Waals surface area contributed by atoms with Crippen molar-refractivity contribution in [2.75, 3.05) is 11.9 Å². The van der Waals surface area contributed by atoms with E-state index in [1.54, 1.807) is 24.4 Å². The van der Waals surface area contributed by atoms with Crippen LogP contribution in [0.25, 0.3) is 0 Å². The Morgan fingerprint density at radius 3 is 2.89 bits per heavy atom. The van der Waals surface area contributed by atoms with Crippen molar-refractivity contribution in [2.24, 2.45) is 0 Å². The number of anilines is 1. The van der Waals surface area contributed by atoms with Crippen LogP contribution in [-0.4, -0.2) is 21.5 Å². The minimum Gasteiger partial charge on any atom is -0.394 e. The van der Waals surface area contributed by atoms with Gasteiger partial charge < -0.3 is 10.4 Å². The lowest BCUT2D eigenvalue weighted by Crippen LogP contribution is -2.15. The van der Waals surface area contributed by atoms with Crippen LogP contribution in [0.1, 0.15) is 24.9 Å². The summed E-state index contributed by atoms with van der Waals surface area (Å²) in [4.78, 5) is 0. The van der Waals surface area contributed by atoms with E-state index in [1.165, 1.54) is 6.07 Å². The lowest BCUT2D eigenvalue weighted by Gasteiger charge is -2.16. The molecule has 0 saturated heterocycles. The maximum atomic E-state index is 13.6. The molecule has 2 rings (SSSR count). The Bertz CT molecular complexity index is 527. The fourth-order valence-corrected chi connectivity index (χ4v) is 1.91. The molecular weight excluding hydrogens is 245 g/mol. The van der Waals surface area contributed by atoms with E-state index in [4.69, 9.17) is 0 Å². The molecule has 0 amide bonds. The zero-order valence-electron chi connectivity index (χ0n) is 10.9. The Morgan fingerprint density at radius 1 is 1.42 bits per heavy atom. The minimum atomic E-state index is -0.359. The molecule has 0 saturated carbocycles. The Balaban J connectivity index is 2.13. The van der Waals surface area contributed by atoms with Gasteiger partial charge in [0.1, 0.15) is 5.82 Å². The minimum absolute atomic E-state index is 0.119. The van der Waals surface area contributed by atoms with Gasteiger partial charge in [-0.15, -0.1) is 0 Å². The lowest BCUT2D eigenvalue weighted by atomic mass is 10.1. The second kappa shape index (κ2) is 6.33. The Hall–Kier alpha value is -1.88. The fourth-order valence-electron chi connectivity index (χ4n) is 1.91. The quantitative estimate of drug-likeness (QED) is 0.842. The maximum absolute atomic E-state index is 13.6. The highest BCUT2D eigenvalue weighted by atomic mass is 19.1. The molecule has 0 radical (unpaired) electrons. The van der Waals surface area contributed by atoms with Crippen molar-refractivity contribution in [3.63, 3.8) is 0 Å². The first-order valence-corrected chi connectivity index (χ1v) is 6.39. The maximum Gasteiger partial charge on any atom is 0.146 e. The van der Waals surface area contributed by atoms with E-state index in [-0.39, 0.29) is 18.5 Å². The van der Waals surface area contributed by atoms with Gasteiger partial charge in [-0.3, -0.25) is 4.68 Å². The van der Waals surface area contributed by atoms with Gasteiger partial charge in [0.25, 0.3) is 0 Å². The summed E-state index contributed by atoms with van der Waals surface area (Å²) >= 11 is 0. The summed E-state index contributed by atoms with van der Waals surface area (Å²) in [5.41, 5.74) is 1.23. The van der Waals surface area contributed by atoms with Gasteiger partial charge in [0.2, 0.25) is 0 Å². The van der Waals surface area contributed by atoms with Gasteiger partial charge in [-0.2, -0.15) is 5.10 Å². The highest BCUT2D eigenvalue weighted by Crippen LogP contribution is 2.21. The summed E-state index contributed by atoms with van der Waals surface area (Å²) in [6, 6.07) is 6.06. The fraction of sp³-hybridized carbons (Fsp3) is 0.357. The zero-order chi connectivity index (χ0) is 13.7. The number of para-hydroxylation sites is 1. The third-order valence-corrected chi connectivity index (χ3v) is 2.89. The summed E-state index contributed by atoms with van der Waals surface area (Å²) in [5, 5.41) is 16.6. The van der Waals surface area contributed by atoms with E-state index in [2.05, 4.69) is 17.3 Å². The van der Waals surface area contributed by atoms with Crippen molar-refractivity contribution >= 4 is 5.69 Å². The first kappa shape index (κ1) is 13.5. The van der Waals surface area contributed by atoms with Crippen LogP contribution in [0.4, 0.5) is 10.1 Å². The molecule has 2 aromatic rings. The highest BCUT2D eigenvalue weighted by Gasteiger charge is 2.14. The molecule has 0 aliphatic heterocycles. The van der Waals surface area contributed by atoms with E-state index >= 15 is 0 Å². The molecule has 1 aromatic carbocycles.